The van der Waals surface area contributed by atoms with Crippen LogP contribution in [0.2, 0.25) is 0 Å². The van der Waals surface area contributed by atoms with Gasteiger partial charge in [0.1, 0.15) is 0 Å². The smallest absolute Gasteiger partial charge is 0.0379 e. The molecule has 0 saturated carbocycles. The maximum Gasteiger partial charge on any atom is 0.0379 e. The van der Waals surface area contributed by atoms with E-state index in [0.29, 0.717) is 0 Å². The molecule has 0 spiro atoms. The molecule has 1 heteroatoms. The van der Waals surface area contributed by atoms with Crippen LogP contribution in [0, 0.1) is 20.8 Å². The highest BCUT2D eigenvalue weighted by Gasteiger charge is 1.98. The van der Waals surface area contributed by atoms with Crippen LogP contribution in [0.1, 0.15) is 16.8 Å². The molecular formula is C12H13N. The van der Waals surface area contributed by atoms with Crippen molar-refractivity contribution in [3.05, 3.63) is 41.2 Å². The van der Waals surface area contributed by atoms with Gasteiger partial charge in [0, 0.05) is 17.3 Å². The van der Waals surface area contributed by atoms with Crippen LogP contribution in [0.25, 0.3) is 10.8 Å². The van der Waals surface area contributed by atoms with Crippen LogP contribution < -0.4 is 0 Å². The molecule has 0 saturated heterocycles. The van der Waals surface area contributed by atoms with Crippen molar-refractivity contribution in [2.24, 2.45) is 0 Å². The summed E-state index contributed by atoms with van der Waals surface area (Å²) in [7, 11) is 0. The van der Waals surface area contributed by atoms with Crippen LogP contribution in [0.3, 0.4) is 0 Å². The van der Waals surface area contributed by atoms with E-state index >= 15 is 0 Å². The number of nitrogens with zero attached hydrogens (tertiary/aromatic N) is 1. The Morgan fingerprint density at radius 3 is 2.54 bits per heavy atom. The average Bonchev–Trinajstić information content (AvgIpc) is 2.06. The molecule has 0 aliphatic heterocycles. The van der Waals surface area contributed by atoms with Crippen LogP contribution >= 0.6 is 0 Å². The number of benzene rings is 1. The maximum atomic E-state index is 4.29. The summed E-state index contributed by atoms with van der Waals surface area (Å²) in [5.74, 6) is 0. The standard InChI is InChI=1S/C12H13N/c1-8-4-9(2)12-6-10(3)13-7-11(12)5-8/h4-7H,1-3H3. The van der Waals surface area contributed by atoms with Crippen molar-refractivity contribution < 1.29 is 0 Å². The minimum atomic E-state index is 1.08. The molecule has 0 aliphatic rings. The minimum Gasteiger partial charge on any atom is -0.261 e. The molecule has 0 unspecified atom stereocenters. The number of hydrogen-bond donors (Lipinski definition) is 0. The predicted octanol–water partition coefficient (Wildman–Crippen LogP) is 3.16. The molecule has 1 aromatic carbocycles. The zero-order valence-electron chi connectivity index (χ0n) is 8.26. The fourth-order valence-corrected chi connectivity index (χ4v) is 1.73. The van der Waals surface area contributed by atoms with Crippen molar-refractivity contribution in [1.82, 2.24) is 4.98 Å². The molecule has 2 rings (SSSR count). The van der Waals surface area contributed by atoms with Gasteiger partial charge in [-0.05, 0) is 43.9 Å². The monoisotopic (exact) mass is 171 g/mol. The van der Waals surface area contributed by atoms with Gasteiger partial charge in [-0.25, -0.2) is 0 Å². The lowest BCUT2D eigenvalue weighted by molar-refractivity contribution is 1.22. The summed E-state index contributed by atoms with van der Waals surface area (Å²) in [6.45, 7) is 6.29. The van der Waals surface area contributed by atoms with Crippen molar-refractivity contribution in [2.45, 2.75) is 20.8 Å². The van der Waals surface area contributed by atoms with Crippen LogP contribution in [0.5, 0.6) is 0 Å². The third kappa shape index (κ3) is 1.42. The first-order valence-electron chi connectivity index (χ1n) is 4.50. The van der Waals surface area contributed by atoms with Crippen LogP contribution in [-0.4, -0.2) is 4.98 Å². The van der Waals surface area contributed by atoms with Crippen molar-refractivity contribution in [1.29, 1.82) is 0 Å². The van der Waals surface area contributed by atoms with Gasteiger partial charge in [0.2, 0.25) is 0 Å². The number of aromatic nitrogens is 1. The Balaban J connectivity index is 2.87. The SMILES string of the molecule is Cc1cc(C)c2cc(C)ncc2c1. The van der Waals surface area contributed by atoms with E-state index in [0.717, 1.165) is 5.69 Å². The fraction of sp³-hybridized carbons (Fsp3) is 0.250. The zero-order chi connectivity index (χ0) is 9.42. The Hall–Kier alpha value is -1.37. The minimum absolute atomic E-state index is 1.08. The lowest BCUT2D eigenvalue weighted by Gasteiger charge is -2.04. The molecule has 13 heavy (non-hydrogen) atoms. The molecule has 1 nitrogen and oxygen atoms in total. The van der Waals surface area contributed by atoms with E-state index < -0.39 is 0 Å². The molecular weight excluding hydrogens is 158 g/mol. The van der Waals surface area contributed by atoms with E-state index in [4.69, 9.17) is 0 Å². The summed E-state index contributed by atoms with van der Waals surface area (Å²) in [4.78, 5) is 4.29. The van der Waals surface area contributed by atoms with Crippen molar-refractivity contribution in [2.75, 3.05) is 0 Å². The Labute approximate surface area is 78.4 Å². The number of hydrogen-bond acceptors (Lipinski definition) is 1. The van der Waals surface area contributed by atoms with Gasteiger partial charge in [-0.1, -0.05) is 11.6 Å². The predicted molar refractivity (Wildman–Crippen MR) is 56.0 cm³/mol. The lowest BCUT2D eigenvalue weighted by Crippen LogP contribution is -1.85. The van der Waals surface area contributed by atoms with Crippen molar-refractivity contribution in [3.8, 4) is 0 Å². The molecule has 0 aliphatic carbocycles. The number of aryl methyl sites for hydroxylation is 3. The van der Waals surface area contributed by atoms with E-state index in [1.165, 1.54) is 21.9 Å². The van der Waals surface area contributed by atoms with Gasteiger partial charge in [0.15, 0.2) is 0 Å². The van der Waals surface area contributed by atoms with Crippen molar-refractivity contribution >= 4 is 10.8 Å². The maximum absolute atomic E-state index is 4.29. The molecule has 0 N–H and O–H groups in total. The third-order valence-corrected chi connectivity index (χ3v) is 2.32. The summed E-state index contributed by atoms with van der Waals surface area (Å²) in [6.07, 6.45) is 1.95. The van der Waals surface area contributed by atoms with Gasteiger partial charge < -0.3 is 0 Å². The van der Waals surface area contributed by atoms with E-state index in [9.17, 15) is 0 Å². The molecule has 0 amide bonds. The largest absolute Gasteiger partial charge is 0.261 e. The Morgan fingerprint density at radius 1 is 1.00 bits per heavy atom. The van der Waals surface area contributed by atoms with Crippen LogP contribution in [0.4, 0.5) is 0 Å². The highest BCUT2D eigenvalue weighted by molar-refractivity contribution is 5.85. The zero-order valence-corrected chi connectivity index (χ0v) is 8.26. The number of rotatable bonds is 0. The van der Waals surface area contributed by atoms with E-state index in [1.54, 1.807) is 0 Å². The molecule has 0 atom stereocenters. The van der Waals surface area contributed by atoms with Crippen LogP contribution in [-0.2, 0) is 0 Å². The summed E-state index contributed by atoms with van der Waals surface area (Å²) in [5.41, 5.74) is 3.72. The summed E-state index contributed by atoms with van der Waals surface area (Å²) >= 11 is 0. The normalized spacial score (nSPS) is 10.7. The molecule has 0 fully saturated rings. The second-order valence-corrected chi connectivity index (χ2v) is 3.63. The summed E-state index contributed by atoms with van der Waals surface area (Å²) < 4.78 is 0. The Bertz CT molecular complexity index is 458. The Kier molecular flexibility index (Phi) is 1.80. The summed E-state index contributed by atoms with van der Waals surface area (Å²) in [6, 6.07) is 6.53. The highest BCUT2D eigenvalue weighted by atomic mass is 14.6. The molecule has 0 radical (unpaired) electrons. The van der Waals surface area contributed by atoms with Gasteiger partial charge in [-0.15, -0.1) is 0 Å². The topological polar surface area (TPSA) is 12.9 Å². The molecule has 2 aromatic rings. The van der Waals surface area contributed by atoms with E-state index in [2.05, 4.69) is 37.0 Å². The molecule has 1 heterocycles. The summed E-state index contributed by atoms with van der Waals surface area (Å²) in [5, 5.41) is 2.56. The highest BCUT2D eigenvalue weighted by Crippen LogP contribution is 2.19. The van der Waals surface area contributed by atoms with E-state index in [-0.39, 0.29) is 0 Å². The van der Waals surface area contributed by atoms with Gasteiger partial charge >= 0.3 is 0 Å². The lowest BCUT2D eigenvalue weighted by atomic mass is 10.0. The van der Waals surface area contributed by atoms with Gasteiger partial charge in [-0.3, -0.25) is 4.98 Å². The second kappa shape index (κ2) is 2.84. The van der Waals surface area contributed by atoms with E-state index in [1.807, 2.05) is 13.1 Å². The van der Waals surface area contributed by atoms with Gasteiger partial charge in [0.25, 0.3) is 0 Å². The first-order chi connectivity index (χ1) is 6.16. The first kappa shape index (κ1) is 8.24. The van der Waals surface area contributed by atoms with Gasteiger partial charge in [0.05, 0.1) is 0 Å². The average molecular weight is 171 g/mol. The van der Waals surface area contributed by atoms with Crippen molar-refractivity contribution in [3.63, 3.8) is 0 Å². The van der Waals surface area contributed by atoms with Gasteiger partial charge in [-0.2, -0.15) is 0 Å². The third-order valence-electron chi connectivity index (χ3n) is 2.32. The number of fused-ring (bicyclic) bond motifs is 1. The van der Waals surface area contributed by atoms with Crippen LogP contribution in [0.15, 0.2) is 24.4 Å². The number of pyridine rings is 1. The quantitative estimate of drug-likeness (QED) is 0.593. The Morgan fingerprint density at radius 2 is 1.77 bits per heavy atom. The fourth-order valence-electron chi connectivity index (χ4n) is 1.73. The molecule has 66 valence electrons. The second-order valence-electron chi connectivity index (χ2n) is 3.63. The first-order valence-corrected chi connectivity index (χ1v) is 4.50. The molecule has 1 aromatic heterocycles. The molecule has 0 bridgehead atoms.